The summed E-state index contributed by atoms with van der Waals surface area (Å²) in [6, 6.07) is 9.72. The van der Waals surface area contributed by atoms with Crippen molar-refractivity contribution in [2.45, 2.75) is 6.92 Å². The van der Waals surface area contributed by atoms with Crippen LogP contribution in [0, 0.1) is 0 Å². The molecule has 0 bridgehead atoms. The number of quaternary nitrogens is 1. The van der Waals surface area contributed by atoms with Crippen LogP contribution in [0.25, 0.3) is 0 Å². The molecule has 0 aliphatic carbocycles. The van der Waals surface area contributed by atoms with E-state index in [1.54, 1.807) is 5.48 Å². The number of ether oxygens (including phenoxy) is 1. The lowest BCUT2D eigenvalue weighted by Crippen LogP contribution is -3.00. The summed E-state index contributed by atoms with van der Waals surface area (Å²) >= 11 is 0. The minimum absolute atomic E-state index is 0. The quantitative estimate of drug-likeness (QED) is 0.426. The van der Waals surface area contributed by atoms with Gasteiger partial charge in [-0.3, -0.25) is 0 Å². The summed E-state index contributed by atoms with van der Waals surface area (Å²) in [6.07, 6.45) is 0. The van der Waals surface area contributed by atoms with Gasteiger partial charge in [-0.05, 0) is 19.1 Å². The average molecular weight is 218 g/mol. The molecule has 0 aliphatic heterocycles. The Kier molecular flexibility index (Phi) is 8.33. The number of hydroxylamine groups is 1. The monoisotopic (exact) mass is 217 g/mol. The fraction of sp³-hybridized carbons (Fsp3) is 0.400. The van der Waals surface area contributed by atoms with Crippen LogP contribution >= 0.6 is 0 Å². The number of para-hydroxylation sites is 1. The van der Waals surface area contributed by atoms with Crippen LogP contribution in [0.2, 0.25) is 0 Å². The summed E-state index contributed by atoms with van der Waals surface area (Å²) < 4.78 is 5.16. The average Bonchev–Trinajstić information content (AvgIpc) is 2.19. The molecule has 0 saturated carbocycles. The summed E-state index contributed by atoms with van der Waals surface area (Å²) in [6.45, 7) is 4.29. The molecule has 1 aromatic rings. The Hall–Kier alpha value is -0.770. The standard InChI is InChI=1S/C10H15NO2.ClH/c1-2-12-9-8-11-13-10-6-4-3-5-7-10;/h3-7,11H,2,8-9H2,1H3;1H. The maximum Gasteiger partial charge on any atom is 0.189 e. The zero-order valence-corrected chi connectivity index (χ0v) is 9.04. The van der Waals surface area contributed by atoms with Crippen molar-refractivity contribution < 1.29 is 27.5 Å². The number of halogens is 1. The van der Waals surface area contributed by atoms with Gasteiger partial charge in [0.15, 0.2) is 5.75 Å². The Balaban J connectivity index is 0.00000169. The minimum atomic E-state index is 0. The first kappa shape index (κ1) is 13.2. The molecular formula is C10H16ClNO2. The van der Waals surface area contributed by atoms with Crippen LogP contribution in [-0.4, -0.2) is 19.8 Å². The molecular weight excluding hydrogens is 202 g/mol. The van der Waals surface area contributed by atoms with Crippen molar-refractivity contribution in [1.82, 2.24) is 0 Å². The maximum atomic E-state index is 5.35. The van der Waals surface area contributed by atoms with Crippen LogP contribution in [0.15, 0.2) is 30.3 Å². The van der Waals surface area contributed by atoms with E-state index in [0.29, 0.717) is 0 Å². The highest BCUT2D eigenvalue weighted by Crippen LogP contribution is 2.04. The normalized spacial score (nSPS) is 9.21. The second kappa shape index (κ2) is 8.81. The first-order chi connectivity index (χ1) is 6.43. The molecule has 80 valence electrons. The van der Waals surface area contributed by atoms with Gasteiger partial charge in [-0.1, -0.05) is 18.2 Å². The van der Waals surface area contributed by atoms with Crippen LogP contribution in [0.5, 0.6) is 5.75 Å². The molecule has 3 nitrogen and oxygen atoms in total. The minimum Gasteiger partial charge on any atom is -1.00 e. The second-order valence-corrected chi connectivity index (χ2v) is 2.58. The van der Waals surface area contributed by atoms with Gasteiger partial charge in [0.1, 0.15) is 6.54 Å². The molecule has 0 unspecified atom stereocenters. The summed E-state index contributed by atoms with van der Waals surface area (Å²) in [5.74, 6) is 0.874. The Morgan fingerprint density at radius 2 is 1.93 bits per heavy atom. The molecule has 0 saturated heterocycles. The highest BCUT2D eigenvalue weighted by atomic mass is 35.5. The highest BCUT2D eigenvalue weighted by molar-refractivity contribution is 5.19. The molecule has 14 heavy (non-hydrogen) atoms. The predicted molar refractivity (Wildman–Crippen MR) is 50.4 cm³/mol. The first-order valence-electron chi connectivity index (χ1n) is 4.54. The van der Waals surface area contributed by atoms with Crippen molar-refractivity contribution in [3.8, 4) is 5.75 Å². The Morgan fingerprint density at radius 1 is 1.21 bits per heavy atom. The number of benzene rings is 1. The third-order valence-electron chi connectivity index (χ3n) is 1.55. The zero-order chi connectivity index (χ0) is 9.36. The van der Waals surface area contributed by atoms with E-state index in [1.165, 1.54) is 0 Å². The molecule has 1 aromatic carbocycles. The predicted octanol–water partition coefficient (Wildman–Crippen LogP) is -2.42. The Labute approximate surface area is 90.8 Å². The lowest BCUT2D eigenvalue weighted by Gasteiger charge is -2.02. The zero-order valence-electron chi connectivity index (χ0n) is 8.28. The largest absolute Gasteiger partial charge is 1.00 e. The summed E-state index contributed by atoms with van der Waals surface area (Å²) in [5, 5.41) is 0. The molecule has 1 rings (SSSR count). The van der Waals surface area contributed by atoms with Gasteiger partial charge in [0, 0.05) is 6.61 Å². The first-order valence-corrected chi connectivity index (χ1v) is 4.54. The van der Waals surface area contributed by atoms with Gasteiger partial charge in [0.2, 0.25) is 0 Å². The second-order valence-electron chi connectivity index (χ2n) is 2.58. The number of hydrogen-bond acceptors (Lipinski definition) is 2. The van der Waals surface area contributed by atoms with E-state index in [-0.39, 0.29) is 12.4 Å². The van der Waals surface area contributed by atoms with Crippen molar-refractivity contribution in [3.05, 3.63) is 30.3 Å². The van der Waals surface area contributed by atoms with E-state index in [0.717, 1.165) is 25.5 Å². The van der Waals surface area contributed by atoms with E-state index < -0.39 is 0 Å². The lowest BCUT2D eigenvalue weighted by atomic mass is 10.3. The fourth-order valence-electron chi connectivity index (χ4n) is 0.930. The number of hydrogen-bond donors (Lipinski definition) is 1. The van der Waals surface area contributed by atoms with Crippen LogP contribution in [-0.2, 0) is 4.74 Å². The Bertz CT molecular complexity index is 219. The number of rotatable bonds is 6. The third kappa shape index (κ3) is 5.80. The number of nitrogens with two attached hydrogens (primary N) is 1. The van der Waals surface area contributed by atoms with Gasteiger partial charge >= 0.3 is 0 Å². The summed E-state index contributed by atoms with van der Waals surface area (Å²) in [4.78, 5) is 5.35. The molecule has 0 spiro atoms. The molecule has 0 aliphatic rings. The summed E-state index contributed by atoms with van der Waals surface area (Å²) in [7, 11) is 0. The van der Waals surface area contributed by atoms with Gasteiger partial charge < -0.3 is 22.0 Å². The molecule has 0 atom stereocenters. The van der Waals surface area contributed by atoms with Crippen LogP contribution in [0.1, 0.15) is 6.92 Å². The van der Waals surface area contributed by atoms with Crippen molar-refractivity contribution in [1.29, 1.82) is 0 Å². The van der Waals surface area contributed by atoms with Gasteiger partial charge in [-0.15, -0.1) is 0 Å². The maximum absolute atomic E-state index is 5.35. The van der Waals surface area contributed by atoms with E-state index in [9.17, 15) is 0 Å². The SMILES string of the molecule is CCOCC[NH2+]Oc1ccccc1.[Cl-]. The van der Waals surface area contributed by atoms with Crippen molar-refractivity contribution in [2.24, 2.45) is 0 Å². The van der Waals surface area contributed by atoms with Crippen LogP contribution < -0.4 is 22.7 Å². The van der Waals surface area contributed by atoms with Crippen LogP contribution in [0.3, 0.4) is 0 Å². The topological polar surface area (TPSA) is 35.1 Å². The van der Waals surface area contributed by atoms with Gasteiger partial charge in [-0.25, -0.2) is 0 Å². The fourth-order valence-corrected chi connectivity index (χ4v) is 0.930. The molecule has 0 aromatic heterocycles. The molecule has 0 fully saturated rings. The van der Waals surface area contributed by atoms with Gasteiger partial charge in [0.05, 0.1) is 6.61 Å². The molecule has 0 radical (unpaired) electrons. The van der Waals surface area contributed by atoms with Gasteiger partial charge in [0.25, 0.3) is 0 Å². The van der Waals surface area contributed by atoms with Crippen molar-refractivity contribution in [2.75, 3.05) is 19.8 Å². The molecule has 0 heterocycles. The van der Waals surface area contributed by atoms with Crippen molar-refractivity contribution >= 4 is 0 Å². The Morgan fingerprint density at radius 3 is 2.57 bits per heavy atom. The highest BCUT2D eigenvalue weighted by Gasteiger charge is 1.93. The van der Waals surface area contributed by atoms with Crippen molar-refractivity contribution in [3.63, 3.8) is 0 Å². The molecule has 2 N–H and O–H groups in total. The third-order valence-corrected chi connectivity index (χ3v) is 1.55. The van der Waals surface area contributed by atoms with Gasteiger partial charge in [-0.2, -0.15) is 5.48 Å². The van der Waals surface area contributed by atoms with E-state index in [1.807, 2.05) is 37.3 Å². The molecule has 0 amide bonds. The van der Waals surface area contributed by atoms with E-state index in [4.69, 9.17) is 9.57 Å². The smallest absolute Gasteiger partial charge is 0.189 e. The molecule has 4 heteroatoms. The van der Waals surface area contributed by atoms with E-state index in [2.05, 4.69) is 0 Å². The van der Waals surface area contributed by atoms with E-state index >= 15 is 0 Å². The lowest BCUT2D eigenvalue weighted by molar-refractivity contribution is -0.857. The summed E-state index contributed by atoms with van der Waals surface area (Å²) in [5.41, 5.74) is 1.77. The van der Waals surface area contributed by atoms with Crippen LogP contribution in [0.4, 0.5) is 0 Å².